The van der Waals surface area contributed by atoms with Crippen LogP contribution in [0.2, 0.25) is 0 Å². The van der Waals surface area contributed by atoms with Gasteiger partial charge in [-0.1, -0.05) is 41.6 Å². The van der Waals surface area contributed by atoms with E-state index in [0.29, 0.717) is 36.3 Å². The first-order valence-electron chi connectivity index (χ1n) is 10.1. The maximum Gasteiger partial charge on any atom is 0.282 e. The predicted octanol–water partition coefficient (Wildman–Crippen LogP) is 1.91. The molecule has 0 aliphatic heterocycles. The van der Waals surface area contributed by atoms with Crippen LogP contribution in [0, 0.1) is 0 Å². The van der Waals surface area contributed by atoms with Crippen molar-refractivity contribution in [2.45, 2.75) is 26.7 Å². The number of aromatic nitrogens is 5. The number of aryl methyl sites for hydroxylation is 1. The number of nitrogens with one attached hydrogen (secondary N) is 1. The minimum absolute atomic E-state index is 0.0751. The zero-order valence-electron chi connectivity index (χ0n) is 18.1. The van der Waals surface area contributed by atoms with Gasteiger partial charge in [-0.15, -0.1) is 5.10 Å². The summed E-state index contributed by atoms with van der Waals surface area (Å²) < 4.78 is 12.1. The lowest BCUT2D eigenvalue weighted by molar-refractivity contribution is -0.164. The van der Waals surface area contributed by atoms with Gasteiger partial charge in [0, 0.05) is 25.8 Å². The molecule has 0 spiro atoms. The molecule has 0 unspecified atom stereocenters. The molecule has 1 amide bonds. The second-order valence-electron chi connectivity index (χ2n) is 6.45. The number of pyridine rings is 1. The summed E-state index contributed by atoms with van der Waals surface area (Å²) in [4.78, 5) is 22.3. The summed E-state index contributed by atoms with van der Waals surface area (Å²) in [5.74, 6) is 0.381. The number of carbonyl (C=O) groups is 1. The van der Waals surface area contributed by atoms with Gasteiger partial charge in [0.1, 0.15) is 5.82 Å². The maximum atomic E-state index is 12.4. The second-order valence-corrected chi connectivity index (χ2v) is 6.45. The molecule has 0 aliphatic carbocycles. The summed E-state index contributed by atoms with van der Waals surface area (Å²) in [6, 6.07) is 14.6. The third-order valence-corrected chi connectivity index (χ3v) is 4.16. The molecule has 0 bridgehead atoms. The zero-order valence-corrected chi connectivity index (χ0v) is 18.1. The number of carbonyl (C=O) groups excluding carboxylic acids is 1. The number of amides is 1. The van der Waals surface area contributed by atoms with Crippen LogP contribution in [-0.4, -0.2) is 56.3 Å². The number of benzene rings is 1. The van der Waals surface area contributed by atoms with Crippen LogP contribution in [0.15, 0.2) is 53.7 Å². The molecule has 0 fully saturated rings. The largest absolute Gasteiger partial charge is 0.389 e. The Hall–Kier alpha value is -3.70. The minimum atomic E-state index is -0.996. The SMILES string of the molecule is CCOC(OCC)C(=O)Nc1cccc(CO/N=C(/c2ccccc2)c2nnnn2C)n1. The van der Waals surface area contributed by atoms with Crippen molar-refractivity contribution in [3.63, 3.8) is 0 Å². The van der Waals surface area contributed by atoms with Gasteiger partial charge in [-0.25, -0.2) is 9.67 Å². The molecular formula is C21H25N7O4. The zero-order chi connectivity index (χ0) is 22.8. The lowest BCUT2D eigenvalue weighted by atomic mass is 10.1. The molecule has 32 heavy (non-hydrogen) atoms. The minimum Gasteiger partial charge on any atom is -0.389 e. The van der Waals surface area contributed by atoms with E-state index < -0.39 is 12.2 Å². The van der Waals surface area contributed by atoms with Crippen molar-refractivity contribution in [1.82, 2.24) is 25.2 Å². The number of rotatable bonds is 11. The van der Waals surface area contributed by atoms with E-state index in [4.69, 9.17) is 14.3 Å². The van der Waals surface area contributed by atoms with Gasteiger partial charge >= 0.3 is 0 Å². The molecule has 0 aliphatic rings. The van der Waals surface area contributed by atoms with Crippen molar-refractivity contribution < 1.29 is 19.1 Å². The summed E-state index contributed by atoms with van der Waals surface area (Å²) >= 11 is 0. The number of hydrogen-bond acceptors (Lipinski definition) is 9. The summed E-state index contributed by atoms with van der Waals surface area (Å²) in [5, 5.41) is 18.5. The summed E-state index contributed by atoms with van der Waals surface area (Å²) in [6.07, 6.45) is -0.996. The Kier molecular flexibility index (Phi) is 8.35. The average Bonchev–Trinajstić information content (AvgIpc) is 3.23. The Morgan fingerprint density at radius 3 is 2.50 bits per heavy atom. The third-order valence-electron chi connectivity index (χ3n) is 4.16. The van der Waals surface area contributed by atoms with E-state index in [0.717, 1.165) is 5.56 Å². The van der Waals surface area contributed by atoms with E-state index >= 15 is 0 Å². The quantitative estimate of drug-likeness (QED) is 0.273. The highest BCUT2D eigenvalue weighted by atomic mass is 16.7. The summed E-state index contributed by atoms with van der Waals surface area (Å²) in [7, 11) is 1.72. The average molecular weight is 439 g/mol. The molecule has 1 N–H and O–H groups in total. The molecule has 2 heterocycles. The Morgan fingerprint density at radius 1 is 1.09 bits per heavy atom. The number of tetrazole rings is 1. The number of oxime groups is 1. The molecule has 3 aromatic rings. The van der Waals surface area contributed by atoms with Crippen molar-refractivity contribution in [3.05, 3.63) is 65.6 Å². The number of ether oxygens (including phenoxy) is 2. The Labute approximate surface area is 185 Å². The van der Waals surface area contributed by atoms with Crippen molar-refractivity contribution in [2.75, 3.05) is 18.5 Å². The standard InChI is InChI=1S/C21H25N7O4/c1-4-30-21(31-5-2)20(29)23-17-13-9-12-16(22-17)14-32-25-18(15-10-7-6-8-11-15)19-24-26-27-28(19)3/h6-13,21H,4-5,14H2,1-3H3,(H,22,23,29)/b25-18-. The van der Waals surface area contributed by atoms with E-state index in [1.807, 2.05) is 30.3 Å². The van der Waals surface area contributed by atoms with Crippen molar-refractivity contribution in [3.8, 4) is 0 Å². The normalized spacial score (nSPS) is 11.6. The van der Waals surface area contributed by atoms with Crippen LogP contribution in [0.3, 0.4) is 0 Å². The van der Waals surface area contributed by atoms with Crippen molar-refractivity contribution in [2.24, 2.45) is 12.2 Å². The summed E-state index contributed by atoms with van der Waals surface area (Å²) in [5.41, 5.74) is 1.86. The Balaban J connectivity index is 1.70. The van der Waals surface area contributed by atoms with Crippen LogP contribution in [0.4, 0.5) is 5.82 Å². The molecule has 168 valence electrons. The molecule has 3 rings (SSSR count). The van der Waals surface area contributed by atoms with Crippen LogP contribution >= 0.6 is 0 Å². The van der Waals surface area contributed by atoms with Gasteiger partial charge < -0.3 is 19.6 Å². The van der Waals surface area contributed by atoms with Crippen LogP contribution in [0.1, 0.15) is 30.9 Å². The third kappa shape index (κ3) is 6.15. The first-order valence-corrected chi connectivity index (χ1v) is 10.1. The van der Waals surface area contributed by atoms with E-state index in [1.54, 1.807) is 39.1 Å². The van der Waals surface area contributed by atoms with Gasteiger partial charge in [-0.3, -0.25) is 4.79 Å². The smallest absolute Gasteiger partial charge is 0.282 e. The Morgan fingerprint density at radius 2 is 1.84 bits per heavy atom. The number of anilines is 1. The molecular weight excluding hydrogens is 414 g/mol. The molecule has 11 heteroatoms. The van der Waals surface area contributed by atoms with Gasteiger partial charge in [0.2, 0.25) is 12.1 Å². The molecule has 2 aromatic heterocycles. The maximum absolute atomic E-state index is 12.4. The van der Waals surface area contributed by atoms with E-state index in [1.165, 1.54) is 4.68 Å². The van der Waals surface area contributed by atoms with Gasteiger partial charge in [-0.2, -0.15) is 0 Å². The van der Waals surface area contributed by atoms with Gasteiger partial charge in [0.05, 0.1) is 5.69 Å². The molecule has 0 radical (unpaired) electrons. The monoisotopic (exact) mass is 439 g/mol. The Bertz CT molecular complexity index is 1030. The molecule has 11 nitrogen and oxygen atoms in total. The molecule has 1 aromatic carbocycles. The van der Waals surface area contributed by atoms with Crippen LogP contribution in [-0.2, 0) is 32.8 Å². The topological polar surface area (TPSA) is 126 Å². The van der Waals surface area contributed by atoms with Gasteiger partial charge in [0.15, 0.2) is 12.3 Å². The van der Waals surface area contributed by atoms with Gasteiger partial charge in [0.25, 0.3) is 5.91 Å². The highest BCUT2D eigenvalue weighted by Gasteiger charge is 2.19. The fourth-order valence-electron chi connectivity index (χ4n) is 2.73. The van der Waals surface area contributed by atoms with Crippen LogP contribution in [0.25, 0.3) is 0 Å². The highest BCUT2D eigenvalue weighted by molar-refractivity contribution is 6.10. The first kappa shape index (κ1) is 23.0. The highest BCUT2D eigenvalue weighted by Crippen LogP contribution is 2.11. The van der Waals surface area contributed by atoms with Crippen molar-refractivity contribution >= 4 is 17.4 Å². The van der Waals surface area contributed by atoms with Crippen LogP contribution in [0.5, 0.6) is 0 Å². The fourth-order valence-corrected chi connectivity index (χ4v) is 2.73. The molecule has 0 saturated carbocycles. The van der Waals surface area contributed by atoms with E-state index in [-0.39, 0.29) is 6.61 Å². The van der Waals surface area contributed by atoms with E-state index in [9.17, 15) is 4.79 Å². The van der Waals surface area contributed by atoms with Gasteiger partial charge in [-0.05, 0) is 36.4 Å². The number of hydrogen-bond donors (Lipinski definition) is 1. The number of nitrogens with zero attached hydrogens (tertiary/aromatic N) is 6. The van der Waals surface area contributed by atoms with E-state index in [2.05, 4.69) is 31.0 Å². The van der Waals surface area contributed by atoms with Crippen LogP contribution < -0.4 is 5.32 Å². The lowest BCUT2D eigenvalue weighted by Crippen LogP contribution is -2.33. The predicted molar refractivity (Wildman–Crippen MR) is 116 cm³/mol. The fraction of sp³-hybridized carbons (Fsp3) is 0.333. The first-order chi connectivity index (χ1) is 15.6. The summed E-state index contributed by atoms with van der Waals surface area (Å²) in [6.45, 7) is 4.35. The second kappa shape index (κ2) is 11.6. The lowest BCUT2D eigenvalue weighted by Gasteiger charge is -2.16. The van der Waals surface area contributed by atoms with Crippen molar-refractivity contribution in [1.29, 1.82) is 0 Å². The molecule has 0 atom stereocenters. The molecule has 0 saturated heterocycles.